The van der Waals surface area contributed by atoms with E-state index in [0.717, 1.165) is 26.2 Å². The predicted octanol–water partition coefficient (Wildman–Crippen LogP) is 0.0634. The highest BCUT2D eigenvalue weighted by molar-refractivity contribution is 7.92. The minimum absolute atomic E-state index is 0.102. The normalized spacial score (nSPS) is 17.1. The van der Waals surface area contributed by atoms with Gasteiger partial charge < -0.3 is 10.4 Å². The number of piperazine rings is 1. The molecule has 0 unspecified atom stereocenters. The Labute approximate surface area is 120 Å². The van der Waals surface area contributed by atoms with E-state index >= 15 is 0 Å². The maximum Gasteiger partial charge on any atom is 0.236 e. The van der Waals surface area contributed by atoms with E-state index in [1.165, 1.54) is 16.4 Å². The van der Waals surface area contributed by atoms with Crippen molar-refractivity contribution in [3.05, 3.63) is 24.3 Å². The van der Waals surface area contributed by atoms with Crippen LogP contribution in [0.15, 0.2) is 24.3 Å². The zero-order chi connectivity index (χ0) is 14.6. The first-order valence-electron chi connectivity index (χ1n) is 6.68. The molecule has 112 valence electrons. The first-order valence-corrected chi connectivity index (χ1v) is 8.29. The van der Waals surface area contributed by atoms with Gasteiger partial charge in [0.05, 0.1) is 11.4 Å². The summed E-state index contributed by atoms with van der Waals surface area (Å²) in [4.78, 5) is 2.15. The number of anilines is 1. The first-order chi connectivity index (χ1) is 9.49. The summed E-state index contributed by atoms with van der Waals surface area (Å²) >= 11 is 0. The Morgan fingerprint density at radius 2 is 1.85 bits per heavy atom. The van der Waals surface area contributed by atoms with Crippen molar-refractivity contribution in [2.75, 3.05) is 49.8 Å². The second-order valence-electron chi connectivity index (χ2n) is 4.89. The lowest BCUT2D eigenvalue weighted by atomic mass is 10.3. The van der Waals surface area contributed by atoms with Crippen molar-refractivity contribution in [2.24, 2.45) is 0 Å². The molecule has 1 aliphatic heterocycles. The highest BCUT2D eigenvalue weighted by Gasteiger charge is 2.20. The van der Waals surface area contributed by atoms with Crippen LogP contribution < -0.4 is 9.62 Å². The fourth-order valence-corrected chi connectivity index (χ4v) is 3.35. The molecule has 1 heterocycles. The lowest BCUT2D eigenvalue weighted by molar-refractivity contribution is 0.254. The van der Waals surface area contributed by atoms with Crippen LogP contribution in [0.1, 0.15) is 0 Å². The van der Waals surface area contributed by atoms with Crippen molar-refractivity contribution >= 4 is 15.7 Å². The van der Waals surface area contributed by atoms with Gasteiger partial charge in [-0.3, -0.25) is 9.21 Å². The highest BCUT2D eigenvalue weighted by Crippen LogP contribution is 2.19. The molecular formula is C13H21N3O3S. The Kier molecular flexibility index (Phi) is 4.85. The van der Waals surface area contributed by atoms with E-state index in [0.29, 0.717) is 12.2 Å². The summed E-state index contributed by atoms with van der Waals surface area (Å²) in [7, 11) is -1.79. The summed E-state index contributed by atoms with van der Waals surface area (Å²) in [5.41, 5.74) is 0.558. The predicted molar refractivity (Wildman–Crippen MR) is 79.6 cm³/mol. The standard InChI is InChI=1S/C13H21N3O3S/c1-15(12-2-4-13(17)5-3-12)20(18,19)11-10-16-8-6-14-7-9-16/h2-5,14,17H,6-11H2,1H3. The molecule has 1 aliphatic rings. The molecule has 0 aliphatic carbocycles. The van der Waals surface area contributed by atoms with Crippen LogP contribution in [0.4, 0.5) is 5.69 Å². The van der Waals surface area contributed by atoms with E-state index < -0.39 is 10.0 Å². The number of nitrogens with zero attached hydrogens (tertiary/aromatic N) is 2. The minimum Gasteiger partial charge on any atom is -0.508 e. The van der Waals surface area contributed by atoms with Crippen LogP contribution >= 0.6 is 0 Å². The minimum atomic E-state index is -3.34. The highest BCUT2D eigenvalue weighted by atomic mass is 32.2. The zero-order valence-electron chi connectivity index (χ0n) is 11.6. The molecule has 0 amide bonds. The van der Waals surface area contributed by atoms with Crippen molar-refractivity contribution in [1.29, 1.82) is 0 Å². The largest absolute Gasteiger partial charge is 0.508 e. The Bertz CT molecular complexity index is 524. The van der Waals surface area contributed by atoms with Gasteiger partial charge in [-0.25, -0.2) is 8.42 Å². The van der Waals surface area contributed by atoms with Gasteiger partial charge in [-0.15, -0.1) is 0 Å². The number of nitrogens with one attached hydrogen (secondary N) is 1. The number of benzene rings is 1. The average molecular weight is 299 g/mol. The number of hydrogen-bond acceptors (Lipinski definition) is 5. The molecule has 0 atom stereocenters. The summed E-state index contributed by atoms with van der Waals surface area (Å²) in [6.45, 7) is 4.14. The van der Waals surface area contributed by atoms with Crippen LogP contribution in [0.3, 0.4) is 0 Å². The molecule has 6 nitrogen and oxygen atoms in total. The van der Waals surface area contributed by atoms with Crippen LogP contribution in [0.2, 0.25) is 0 Å². The van der Waals surface area contributed by atoms with Crippen molar-refractivity contribution < 1.29 is 13.5 Å². The average Bonchev–Trinajstić information content (AvgIpc) is 2.46. The van der Waals surface area contributed by atoms with Gasteiger partial charge >= 0.3 is 0 Å². The topological polar surface area (TPSA) is 72.9 Å². The van der Waals surface area contributed by atoms with Gasteiger partial charge in [0.25, 0.3) is 0 Å². The third-order valence-electron chi connectivity index (χ3n) is 3.51. The van der Waals surface area contributed by atoms with Crippen LogP contribution in [-0.2, 0) is 10.0 Å². The van der Waals surface area contributed by atoms with Gasteiger partial charge in [0.15, 0.2) is 0 Å². The molecule has 0 spiro atoms. The van der Waals surface area contributed by atoms with Crippen molar-refractivity contribution in [3.63, 3.8) is 0 Å². The monoisotopic (exact) mass is 299 g/mol. The second kappa shape index (κ2) is 6.43. The van der Waals surface area contributed by atoms with E-state index in [4.69, 9.17) is 0 Å². The SMILES string of the molecule is CN(c1ccc(O)cc1)S(=O)(=O)CCN1CCNCC1. The van der Waals surface area contributed by atoms with E-state index in [-0.39, 0.29) is 11.5 Å². The molecule has 0 bridgehead atoms. The number of hydrogen-bond donors (Lipinski definition) is 2. The molecular weight excluding hydrogens is 278 g/mol. The Balaban J connectivity index is 1.96. The Morgan fingerprint density at radius 1 is 1.25 bits per heavy atom. The van der Waals surface area contributed by atoms with Crippen LogP contribution in [-0.4, -0.2) is 63.9 Å². The number of phenolic OH excluding ortho intramolecular Hbond substituents is 1. The molecule has 0 saturated carbocycles. The summed E-state index contributed by atoms with van der Waals surface area (Å²) in [6, 6.07) is 6.16. The summed E-state index contributed by atoms with van der Waals surface area (Å²) in [6.07, 6.45) is 0. The third-order valence-corrected chi connectivity index (χ3v) is 5.25. The fraction of sp³-hybridized carbons (Fsp3) is 0.538. The van der Waals surface area contributed by atoms with Gasteiger partial charge in [0.1, 0.15) is 5.75 Å². The molecule has 1 saturated heterocycles. The lowest BCUT2D eigenvalue weighted by Crippen LogP contribution is -2.46. The smallest absolute Gasteiger partial charge is 0.236 e. The first kappa shape index (κ1) is 15.1. The third kappa shape index (κ3) is 3.84. The molecule has 0 radical (unpaired) electrons. The van der Waals surface area contributed by atoms with Crippen molar-refractivity contribution in [2.45, 2.75) is 0 Å². The number of rotatable bonds is 5. The Hall–Kier alpha value is -1.31. The molecule has 1 aromatic carbocycles. The molecule has 2 N–H and O–H groups in total. The molecule has 1 fully saturated rings. The van der Waals surface area contributed by atoms with Crippen LogP contribution in [0, 0.1) is 0 Å². The van der Waals surface area contributed by atoms with E-state index in [9.17, 15) is 13.5 Å². The van der Waals surface area contributed by atoms with E-state index in [1.807, 2.05) is 0 Å². The molecule has 0 aromatic heterocycles. The van der Waals surface area contributed by atoms with Gasteiger partial charge in [-0.2, -0.15) is 0 Å². The maximum absolute atomic E-state index is 12.3. The summed E-state index contributed by atoms with van der Waals surface area (Å²) in [5.74, 6) is 0.227. The fourth-order valence-electron chi connectivity index (χ4n) is 2.14. The molecule has 1 aromatic rings. The van der Waals surface area contributed by atoms with Crippen LogP contribution in [0.5, 0.6) is 5.75 Å². The maximum atomic E-state index is 12.3. The van der Waals surface area contributed by atoms with Gasteiger partial charge in [0, 0.05) is 39.8 Å². The molecule has 7 heteroatoms. The number of sulfonamides is 1. The van der Waals surface area contributed by atoms with E-state index in [1.54, 1.807) is 19.2 Å². The van der Waals surface area contributed by atoms with E-state index in [2.05, 4.69) is 10.2 Å². The Morgan fingerprint density at radius 3 is 2.45 bits per heavy atom. The van der Waals surface area contributed by atoms with Crippen molar-refractivity contribution in [3.8, 4) is 5.75 Å². The summed E-state index contributed by atoms with van der Waals surface area (Å²) in [5, 5.41) is 12.5. The quantitative estimate of drug-likeness (QED) is 0.804. The summed E-state index contributed by atoms with van der Waals surface area (Å²) < 4.78 is 25.8. The zero-order valence-corrected chi connectivity index (χ0v) is 12.4. The molecule has 20 heavy (non-hydrogen) atoms. The van der Waals surface area contributed by atoms with Gasteiger partial charge in [-0.1, -0.05) is 0 Å². The lowest BCUT2D eigenvalue weighted by Gasteiger charge is -2.28. The number of phenols is 1. The van der Waals surface area contributed by atoms with Crippen LogP contribution in [0.25, 0.3) is 0 Å². The van der Waals surface area contributed by atoms with Gasteiger partial charge in [-0.05, 0) is 24.3 Å². The van der Waals surface area contributed by atoms with Crippen molar-refractivity contribution in [1.82, 2.24) is 10.2 Å². The molecule has 2 rings (SSSR count). The van der Waals surface area contributed by atoms with Gasteiger partial charge in [0.2, 0.25) is 10.0 Å². The number of aromatic hydroxyl groups is 1. The second-order valence-corrected chi connectivity index (χ2v) is 7.01.